The van der Waals surface area contributed by atoms with Gasteiger partial charge in [0.15, 0.2) is 0 Å². The van der Waals surface area contributed by atoms with E-state index in [1.54, 1.807) is 0 Å². The van der Waals surface area contributed by atoms with Crippen LogP contribution in [-0.2, 0) is 27.2 Å². The fraction of sp³-hybridized carbons (Fsp3) is 0.314. The van der Waals surface area contributed by atoms with Gasteiger partial charge in [-0.25, -0.2) is 0 Å². The molecule has 0 aliphatic carbocycles. The van der Waals surface area contributed by atoms with E-state index in [1.165, 1.54) is 0 Å². The Balaban J connectivity index is 1.25. The maximum absolute atomic E-state index is 14.5. The van der Waals surface area contributed by atoms with E-state index in [0.29, 0.717) is 0 Å². The predicted molar refractivity (Wildman–Crippen MR) is 170 cm³/mol. The topological polar surface area (TPSA) is 71.1 Å². The Hall–Kier alpha value is -2.82. The van der Waals surface area contributed by atoms with Gasteiger partial charge in [0, 0.05) is 0 Å². The molecule has 8 heteroatoms. The molecule has 224 valence electrons. The van der Waals surface area contributed by atoms with Gasteiger partial charge in [-0.1, -0.05) is 119 Å². The summed E-state index contributed by atoms with van der Waals surface area (Å²) in [4.78, 5) is 0. The molecule has 4 aromatic carbocycles. The van der Waals surface area contributed by atoms with Gasteiger partial charge in [-0.2, -0.15) is 0 Å². The van der Waals surface area contributed by atoms with E-state index >= 15 is 0 Å². The van der Waals surface area contributed by atoms with Gasteiger partial charge < -0.3 is 18.1 Å². The van der Waals surface area contributed by atoms with Gasteiger partial charge in [0.1, 0.15) is 11.3 Å². The lowest BCUT2D eigenvalue weighted by Crippen LogP contribution is -2.46. The van der Waals surface area contributed by atoms with Gasteiger partial charge in [-0.15, -0.1) is 0 Å². The highest BCUT2D eigenvalue weighted by Crippen LogP contribution is 2.70. The van der Waals surface area contributed by atoms with E-state index < -0.39 is 31.9 Å². The van der Waals surface area contributed by atoms with Gasteiger partial charge in [0.25, 0.3) is 0 Å². The van der Waals surface area contributed by atoms with E-state index in [1.807, 2.05) is 125 Å². The Bertz CT molecular complexity index is 1490. The van der Waals surface area contributed by atoms with Crippen molar-refractivity contribution in [2.75, 3.05) is 26.4 Å². The molecule has 2 aliphatic rings. The number of aryl methyl sites for hydroxylation is 4. The first-order valence-electron chi connectivity index (χ1n) is 14.6. The Kier molecular flexibility index (Phi) is 8.39. The Morgan fingerprint density at radius 2 is 0.744 bits per heavy atom. The molecule has 2 saturated heterocycles. The zero-order valence-electron chi connectivity index (χ0n) is 25.1. The van der Waals surface area contributed by atoms with Crippen molar-refractivity contribution in [3.8, 4) is 0 Å². The monoisotopic (exact) mass is 616 g/mol. The van der Waals surface area contributed by atoms with Crippen LogP contribution in [0.4, 0.5) is 0 Å². The lowest BCUT2D eigenvalue weighted by Gasteiger charge is -2.45. The molecule has 0 aromatic heterocycles. The first kappa shape index (κ1) is 30.2. The molecule has 2 aliphatic heterocycles. The summed E-state index contributed by atoms with van der Waals surface area (Å²) < 4.78 is 53.8. The van der Waals surface area contributed by atoms with Crippen LogP contribution >= 0.6 is 15.2 Å². The average molecular weight is 617 g/mol. The Morgan fingerprint density at radius 3 is 0.977 bits per heavy atom. The third kappa shape index (κ3) is 6.24. The number of rotatable bonds is 6. The summed E-state index contributed by atoms with van der Waals surface area (Å²) in [7, 11) is -7.28. The van der Waals surface area contributed by atoms with Crippen molar-refractivity contribution in [2.24, 2.45) is 5.41 Å². The van der Waals surface area contributed by atoms with E-state index in [9.17, 15) is 9.13 Å². The van der Waals surface area contributed by atoms with Crippen molar-refractivity contribution in [1.82, 2.24) is 0 Å². The molecule has 0 bridgehead atoms. The second kappa shape index (κ2) is 11.9. The molecule has 0 radical (unpaired) electrons. The summed E-state index contributed by atoms with van der Waals surface area (Å²) in [6.07, 6.45) is 0. The molecule has 0 unspecified atom stereocenters. The van der Waals surface area contributed by atoms with Crippen LogP contribution in [0, 0.1) is 33.1 Å². The Labute approximate surface area is 254 Å². The highest BCUT2D eigenvalue weighted by molar-refractivity contribution is 7.55. The fourth-order valence-electron chi connectivity index (χ4n) is 6.01. The molecule has 2 fully saturated rings. The van der Waals surface area contributed by atoms with Crippen molar-refractivity contribution in [3.63, 3.8) is 0 Å². The molecule has 1 spiro atoms. The maximum Gasteiger partial charge on any atom is 0.342 e. The second-order valence-electron chi connectivity index (χ2n) is 12.1. The number of hydrogen-bond acceptors (Lipinski definition) is 6. The molecular weight excluding hydrogens is 578 g/mol. The minimum absolute atomic E-state index is 0.109. The summed E-state index contributed by atoms with van der Waals surface area (Å²) in [5, 5.41) is 0. The lowest BCUT2D eigenvalue weighted by atomic mass is 9.93. The van der Waals surface area contributed by atoms with Crippen LogP contribution in [0.1, 0.15) is 55.8 Å². The molecule has 43 heavy (non-hydrogen) atoms. The van der Waals surface area contributed by atoms with Crippen molar-refractivity contribution >= 4 is 15.2 Å². The quantitative estimate of drug-likeness (QED) is 0.201. The van der Waals surface area contributed by atoms with E-state index in [4.69, 9.17) is 18.1 Å². The molecule has 0 N–H and O–H groups in total. The van der Waals surface area contributed by atoms with Gasteiger partial charge in [0.2, 0.25) is 0 Å². The van der Waals surface area contributed by atoms with Crippen LogP contribution < -0.4 is 0 Å². The molecule has 6 nitrogen and oxygen atoms in total. The minimum atomic E-state index is -3.64. The summed E-state index contributed by atoms with van der Waals surface area (Å²) in [6.45, 7) is 8.49. The highest BCUT2D eigenvalue weighted by atomic mass is 31.2. The zero-order valence-corrected chi connectivity index (χ0v) is 26.9. The third-order valence-corrected chi connectivity index (χ3v) is 12.7. The van der Waals surface area contributed by atoms with Crippen LogP contribution in [0.2, 0.25) is 0 Å². The molecule has 4 aromatic rings. The van der Waals surface area contributed by atoms with Gasteiger partial charge >= 0.3 is 15.2 Å². The van der Waals surface area contributed by atoms with Crippen molar-refractivity contribution in [2.45, 2.75) is 39.0 Å². The fourth-order valence-corrected chi connectivity index (χ4v) is 10.7. The smallest absolute Gasteiger partial charge is 0.307 e. The molecule has 0 amide bonds. The first-order chi connectivity index (χ1) is 20.6. The van der Waals surface area contributed by atoms with Crippen LogP contribution in [0.15, 0.2) is 97.1 Å². The summed E-state index contributed by atoms with van der Waals surface area (Å²) in [5.74, 6) is 0. The molecule has 0 atom stereocenters. The minimum Gasteiger partial charge on any atom is -0.307 e. The standard InChI is InChI=1S/C35H38O6P2/c1-25-9-5-13-29(17-25)33(30-14-6-10-26(2)18-30)42(36)38-21-35(22-39-42)23-40-43(37,41-24-35)34(31-15-7-11-27(3)19-31)32-16-8-12-28(4)20-32/h5-20,33-34H,21-24H2,1-4H3. The maximum atomic E-state index is 14.5. The summed E-state index contributed by atoms with van der Waals surface area (Å²) in [5.41, 5.74) is 5.91. The zero-order chi connectivity index (χ0) is 30.2. The third-order valence-electron chi connectivity index (χ3n) is 8.27. The molecule has 2 heterocycles. The van der Waals surface area contributed by atoms with Crippen LogP contribution in [-0.4, -0.2) is 26.4 Å². The van der Waals surface area contributed by atoms with Gasteiger partial charge in [-0.05, 0) is 49.9 Å². The lowest BCUT2D eigenvalue weighted by molar-refractivity contribution is -0.0703. The molecule has 0 saturated carbocycles. The van der Waals surface area contributed by atoms with E-state index in [-0.39, 0.29) is 26.4 Å². The normalized spacial score (nSPS) is 25.8. The van der Waals surface area contributed by atoms with Crippen molar-refractivity contribution < 1.29 is 27.2 Å². The second-order valence-corrected chi connectivity index (χ2v) is 16.4. The van der Waals surface area contributed by atoms with E-state index in [2.05, 4.69) is 0 Å². The summed E-state index contributed by atoms with van der Waals surface area (Å²) in [6, 6.07) is 31.9. The van der Waals surface area contributed by atoms with Crippen LogP contribution in [0.5, 0.6) is 0 Å². The largest absolute Gasteiger partial charge is 0.342 e. The predicted octanol–water partition coefficient (Wildman–Crippen LogP) is 9.27. The van der Waals surface area contributed by atoms with Crippen LogP contribution in [0.3, 0.4) is 0 Å². The van der Waals surface area contributed by atoms with Gasteiger partial charge in [-0.3, -0.25) is 9.13 Å². The van der Waals surface area contributed by atoms with Crippen molar-refractivity contribution in [3.05, 3.63) is 142 Å². The highest BCUT2D eigenvalue weighted by Gasteiger charge is 2.53. The van der Waals surface area contributed by atoms with E-state index in [0.717, 1.165) is 44.5 Å². The van der Waals surface area contributed by atoms with Crippen molar-refractivity contribution in [1.29, 1.82) is 0 Å². The number of benzene rings is 4. The molecular formula is C35H38O6P2. The first-order valence-corrected chi connectivity index (χ1v) is 17.8. The Morgan fingerprint density at radius 1 is 0.488 bits per heavy atom. The summed E-state index contributed by atoms with van der Waals surface area (Å²) >= 11 is 0. The van der Waals surface area contributed by atoms with Gasteiger partial charge in [0.05, 0.1) is 31.8 Å². The SMILES string of the molecule is Cc1cccc(C(c2cccc(C)c2)P2(=O)OCC3(CO2)COP(=O)(C(c2cccc(C)c2)c2cccc(C)c2)OC3)c1. The number of hydrogen-bond donors (Lipinski definition) is 0. The molecule has 6 rings (SSSR count). The van der Waals surface area contributed by atoms with Crippen LogP contribution in [0.25, 0.3) is 0 Å². The average Bonchev–Trinajstić information content (AvgIpc) is 2.97.